The largest absolute Gasteiger partial charge is 0.481 e. The SMILES string of the molecule is O=C(O)Cc1csc(Cc2cccc(Cl)c2)n1. The van der Waals surface area contributed by atoms with E-state index in [0.29, 0.717) is 17.1 Å². The van der Waals surface area contributed by atoms with E-state index >= 15 is 0 Å². The highest BCUT2D eigenvalue weighted by molar-refractivity contribution is 7.09. The van der Waals surface area contributed by atoms with Gasteiger partial charge >= 0.3 is 5.97 Å². The molecule has 0 spiro atoms. The normalized spacial score (nSPS) is 10.4. The van der Waals surface area contributed by atoms with Gasteiger partial charge in [0.1, 0.15) is 0 Å². The Morgan fingerprint density at radius 2 is 2.29 bits per heavy atom. The van der Waals surface area contributed by atoms with Crippen LogP contribution in [0.15, 0.2) is 29.6 Å². The summed E-state index contributed by atoms with van der Waals surface area (Å²) in [7, 11) is 0. The van der Waals surface area contributed by atoms with Gasteiger partial charge in [-0.25, -0.2) is 4.98 Å². The summed E-state index contributed by atoms with van der Waals surface area (Å²) < 4.78 is 0. The Morgan fingerprint density at radius 3 is 3.00 bits per heavy atom. The van der Waals surface area contributed by atoms with Gasteiger partial charge in [-0.1, -0.05) is 23.7 Å². The third-order valence-corrected chi connectivity index (χ3v) is 3.31. The molecule has 17 heavy (non-hydrogen) atoms. The second kappa shape index (κ2) is 5.29. The summed E-state index contributed by atoms with van der Waals surface area (Å²) in [4.78, 5) is 14.8. The lowest BCUT2D eigenvalue weighted by Gasteiger charge is -1.98. The van der Waals surface area contributed by atoms with Gasteiger partial charge < -0.3 is 5.11 Å². The molecule has 5 heteroatoms. The standard InChI is InChI=1S/C12H10ClNO2S/c13-9-3-1-2-8(4-9)5-11-14-10(7-17-11)6-12(15)16/h1-4,7H,5-6H2,(H,15,16). The number of nitrogens with zero attached hydrogens (tertiary/aromatic N) is 1. The van der Waals surface area contributed by atoms with Gasteiger partial charge in [0.2, 0.25) is 0 Å². The van der Waals surface area contributed by atoms with E-state index < -0.39 is 5.97 Å². The van der Waals surface area contributed by atoms with Gasteiger partial charge in [0.05, 0.1) is 17.1 Å². The number of hydrogen-bond donors (Lipinski definition) is 1. The first-order valence-electron chi connectivity index (χ1n) is 5.03. The van der Waals surface area contributed by atoms with Crippen LogP contribution in [-0.2, 0) is 17.6 Å². The van der Waals surface area contributed by atoms with Crippen molar-refractivity contribution in [3.8, 4) is 0 Å². The monoisotopic (exact) mass is 267 g/mol. The number of carbonyl (C=O) groups is 1. The molecule has 0 atom stereocenters. The van der Waals surface area contributed by atoms with E-state index in [0.717, 1.165) is 10.6 Å². The van der Waals surface area contributed by atoms with E-state index in [1.165, 1.54) is 11.3 Å². The van der Waals surface area contributed by atoms with E-state index in [9.17, 15) is 4.79 Å². The van der Waals surface area contributed by atoms with E-state index in [1.807, 2.05) is 24.3 Å². The minimum atomic E-state index is -0.857. The van der Waals surface area contributed by atoms with Crippen LogP contribution < -0.4 is 0 Å². The van der Waals surface area contributed by atoms with Gasteiger partial charge in [-0.05, 0) is 17.7 Å². The van der Waals surface area contributed by atoms with Crippen molar-refractivity contribution in [2.45, 2.75) is 12.8 Å². The van der Waals surface area contributed by atoms with Gasteiger partial charge in [-0.2, -0.15) is 0 Å². The Morgan fingerprint density at radius 1 is 1.47 bits per heavy atom. The number of hydrogen-bond acceptors (Lipinski definition) is 3. The zero-order chi connectivity index (χ0) is 12.3. The minimum Gasteiger partial charge on any atom is -0.481 e. The van der Waals surface area contributed by atoms with Crippen LogP contribution >= 0.6 is 22.9 Å². The molecule has 1 aromatic carbocycles. The van der Waals surface area contributed by atoms with E-state index in [4.69, 9.17) is 16.7 Å². The number of thiazole rings is 1. The Kier molecular flexibility index (Phi) is 3.76. The summed E-state index contributed by atoms with van der Waals surface area (Å²) in [5, 5.41) is 12.0. The van der Waals surface area contributed by atoms with Crippen molar-refractivity contribution < 1.29 is 9.90 Å². The molecule has 0 fully saturated rings. The fraction of sp³-hybridized carbons (Fsp3) is 0.167. The molecule has 1 N–H and O–H groups in total. The van der Waals surface area contributed by atoms with Crippen molar-refractivity contribution in [3.05, 3.63) is 50.9 Å². The summed E-state index contributed by atoms with van der Waals surface area (Å²) >= 11 is 7.37. The molecular weight excluding hydrogens is 258 g/mol. The predicted molar refractivity (Wildman–Crippen MR) is 67.7 cm³/mol. The van der Waals surface area contributed by atoms with Crippen molar-refractivity contribution in [1.82, 2.24) is 4.98 Å². The molecule has 0 unspecified atom stereocenters. The van der Waals surface area contributed by atoms with Gasteiger partial charge in [-0.15, -0.1) is 11.3 Å². The van der Waals surface area contributed by atoms with E-state index in [-0.39, 0.29) is 6.42 Å². The maximum Gasteiger partial charge on any atom is 0.309 e. The fourth-order valence-electron chi connectivity index (χ4n) is 1.49. The zero-order valence-corrected chi connectivity index (χ0v) is 10.5. The van der Waals surface area contributed by atoms with Crippen molar-refractivity contribution in [1.29, 1.82) is 0 Å². The summed E-state index contributed by atoms with van der Waals surface area (Å²) in [6.07, 6.45) is 0.664. The van der Waals surface area contributed by atoms with Crippen LogP contribution in [0.4, 0.5) is 0 Å². The number of halogens is 1. The first kappa shape index (κ1) is 12.1. The third kappa shape index (κ3) is 3.54. The molecule has 3 nitrogen and oxygen atoms in total. The highest BCUT2D eigenvalue weighted by Gasteiger charge is 2.06. The second-order valence-corrected chi connectivity index (χ2v) is 4.99. The van der Waals surface area contributed by atoms with Crippen LogP contribution in [-0.4, -0.2) is 16.1 Å². The number of carboxylic acid groups (broad SMARTS) is 1. The molecule has 0 bridgehead atoms. The maximum absolute atomic E-state index is 10.5. The molecule has 0 saturated heterocycles. The quantitative estimate of drug-likeness (QED) is 0.926. The third-order valence-electron chi connectivity index (χ3n) is 2.18. The van der Waals surface area contributed by atoms with Crippen LogP contribution in [0.5, 0.6) is 0 Å². The Bertz CT molecular complexity index is 539. The lowest BCUT2D eigenvalue weighted by molar-refractivity contribution is -0.136. The summed E-state index contributed by atoms with van der Waals surface area (Å²) in [6.45, 7) is 0. The average molecular weight is 268 g/mol. The van der Waals surface area contributed by atoms with Crippen LogP contribution in [0.2, 0.25) is 5.02 Å². The molecule has 1 heterocycles. The fourth-order valence-corrected chi connectivity index (χ4v) is 2.53. The van der Waals surface area contributed by atoms with Crippen molar-refractivity contribution >= 4 is 28.9 Å². The number of aromatic nitrogens is 1. The van der Waals surface area contributed by atoms with Gasteiger partial charge in [0.25, 0.3) is 0 Å². The van der Waals surface area contributed by atoms with Crippen LogP contribution in [0.1, 0.15) is 16.3 Å². The molecule has 0 amide bonds. The molecule has 2 rings (SSSR count). The highest BCUT2D eigenvalue weighted by atomic mass is 35.5. The summed E-state index contributed by atoms with van der Waals surface area (Å²) in [5.74, 6) is -0.857. The number of rotatable bonds is 4. The number of aliphatic carboxylic acids is 1. The number of benzene rings is 1. The summed E-state index contributed by atoms with van der Waals surface area (Å²) in [5.41, 5.74) is 1.69. The smallest absolute Gasteiger partial charge is 0.309 e. The van der Waals surface area contributed by atoms with Crippen molar-refractivity contribution in [2.75, 3.05) is 0 Å². The minimum absolute atomic E-state index is 0.0218. The van der Waals surface area contributed by atoms with E-state index in [1.54, 1.807) is 5.38 Å². The molecular formula is C12H10ClNO2S. The lowest BCUT2D eigenvalue weighted by Crippen LogP contribution is -2.00. The van der Waals surface area contributed by atoms with Gasteiger partial charge in [0.15, 0.2) is 0 Å². The molecule has 0 radical (unpaired) electrons. The van der Waals surface area contributed by atoms with Gasteiger partial charge in [-0.3, -0.25) is 4.79 Å². The Labute approximate surface area is 108 Å². The predicted octanol–water partition coefficient (Wildman–Crippen LogP) is 3.01. The van der Waals surface area contributed by atoms with Crippen molar-refractivity contribution in [2.24, 2.45) is 0 Å². The first-order valence-corrected chi connectivity index (χ1v) is 6.29. The molecule has 0 aliphatic carbocycles. The Hall–Kier alpha value is -1.39. The topological polar surface area (TPSA) is 50.2 Å². The second-order valence-electron chi connectivity index (χ2n) is 3.61. The molecule has 0 saturated carbocycles. The van der Waals surface area contributed by atoms with Crippen molar-refractivity contribution in [3.63, 3.8) is 0 Å². The first-order chi connectivity index (χ1) is 8.13. The molecule has 0 aliphatic heterocycles. The molecule has 88 valence electrons. The number of carboxylic acids is 1. The maximum atomic E-state index is 10.5. The lowest BCUT2D eigenvalue weighted by atomic mass is 10.2. The zero-order valence-electron chi connectivity index (χ0n) is 8.89. The highest BCUT2D eigenvalue weighted by Crippen LogP contribution is 2.17. The van der Waals surface area contributed by atoms with Gasteiger partial charge in [0, 0.05) is 16.8 Å². The van der Waals surface area contributed by atoms with Crippen LogP contribution in [0.25, 0.3) is 0 Å². The average Bonchev–Trinajstić information content (AvgIpc) is 2.64. The van der Waals surface area contributed by atoms with E-state index in [2.05, 4.69) is 4.98 Å². The molecule has 2 aromatic rings. The molecule has 0 aliphatic rings. The summed E-state index contributed by atoms with van der Waals surface area (Å²) in [6, 6.07) is 7.58. The van der Waals surface area contributed by atoms with Crippen LogP contribution in [0, 0.1) is 0 Å². The molecule has 1 aromatic heterocycles. The van der Waals surface area contributed by atoms with Crippen LogP contribution in [0.3, 0.4) is 0 Å². The Balaban J connectivity index is 2.08.